The molecule has 0 radical (unpaired) electrons. The Labute approximate surface area is 101 Å². The second-order valence-corrected chi connectivity index (χ2v) is 4.09. The van der Waals surface area contributed by atoms with Crippen LogP contribution in [0.25, 0.3) is 0 Å². The van der Waals surface area contributed by atoms with Gasteiger partial charge < -0.3 is 5.32 Å². The lowest BCUT2D eigenvalue weighted by Gasteiger charge is -2.14. The zero-order chi connectivity index (χ0) is 11.4. The minimum Gasteiger partial charge on any atom is -0.349 e. The molecule has 2 nitrogen and oxygen atoms in total. The number of nitrogens with one attached hydrogen (secondary N) is 1. The molecule has 0 saturated heterocycles. The molecule has 0 aliphatic carbocycles. The predicted molar refractivity (Wildman–Crippen MR) is 61.8 cm³/mol. The third kappa shape index (κ3) is 3.47. The van der Waals surface area contributed by atoms with Gasteiger partial charge in [-0.25, -0.2) is 4.39 Å². The molecule has 0 spiro atoms. The number of hydrogen-bond donors (Lipinski definition) is 1. The summed E-state index contributed by atoms with van der Waals surface area (Å²) in [6, 6.07) is 4.02. The van der Waals surface area contributed by atoms with Crippen LogP contribution in [0.15, 0.2) is 18.2 Å². The number of amides is 1. The Morgan fingerprint density at radius 2 is 2.33 bits per heavy atom. The molecule has 1 aromatic carbocycles. The van der Waals surface area contributed by atoms with Crippen molar-refractivity contribution in [2.24, 2.45) is 0 Å². The minimum atomic E-state index is -0.412. The third-order valence-electron chi connectivity index (χ3n) is 1.93. The molecular weight excluding hydrogens is 284 g/mol. The first kappa shape index (κ1) is 12.5. The summed E-state index contributed by atoms with van der Waals surface area (Å²) in [7, 11) is 0. The van der Waals surface area contributed by atoms with Crippen LogP contribution in [0, 0.1) is 5.82 Å². The van der Waals surface area contributed by atoms with Crippen LogP contribution < -0.4 is 5.32 Å². The summed E-state index contributed by atoms with van der Waals surface area (Å²) in [6.07, 6.45) is 0. The standard InChI is InChI=1S/C10H10BrClFNO/c1-6(14-10(15)5-11)8-3-2-7(12)4-9(8)13/h2-4,6H,5H2,1H3,(H,14,15)/t6-/m0/s1. The molecule has 1 aromatic rings. The fraction of sp³-hybridized carbons (Fsp3) is 0.300. The van der Waals surface area contributed by atoms with Gasteiger partial charge in [0.25, 0.3) is 0 Å². The van der Waals surface area contributed by atoms with Gasteiger partial charge in [0.2, 0.25) is 5.91 Å². The molecular formula is C10H10BrClFNO. The van der Waals surface area contributed by atoms with Crippen molar-refractivity contribution in [3.05, 3.63) is 34.6 Å². The van der Waals surface area contributed by atoms with E-state index in [4.69, 9.17) is 11.6 Å². The molecule has 1 atom stereocenters. The molecule has 0 bridgehead atoms. The number of halogens is 3. The molecule has 0 heterocycles. The summed E-state index contributed by atoms with van der Waals surface area (Å²) in [6.45, 7) is 1.72. The van der Waals surface area contributed by atoms with Crippen molar-refractivity contribution in [3.8, 4) is 0 Å². The van der Waals surface area contributed by atoms with E-state index >= 15 is 0 Å². The first-order chi connectivity index (χ1) is 7.04. The highest BCUT2D eigenvalue weighted by atomic mass is 79.9. The van der Waals surface area contributed by atoms with E-state index < -0.39 is 5.82 Å². The quantitative estimate of drug-likeness (QED) is 0.853. The van der Waals surface area contributed by atoms with Gasteiger partial charge in [-0.1, -0.05) is 33.6 Å². The van der Waals surface area contributed by atoms with Crippen molar-refractivity contribution in [3.63, 3.8) is 0 Å². The molecule has 1 rings (SSSR count). The van der Waals surface area contributed by atoms with E-state index in [1.165, 1.54) is 6.07 Å². The highest BCUT2D eigenvalue weighted by molar-refractivity contribution is 9.09. The first-order valence-corrected chi connectivity index (χ1v) is 5.85. The maximum absolute atomic E-state index is 13.4. The van der Waals surface area contributed by atoms with Crippen LogP contribution in [0.3, 0.4) is 0 Å². The zero-order valence-electron chi connectivity index (χ0n) is 8.06. The second-order valence-electron chi connectivity index (χ2n) is 3.09. The third-order valence-corrected chi connectivity index (χ3v) is 2.67. The van der Waals surface area contributed by atoms with Gasteiger partial charge in [-0.05, 0) is 19.1 Å². The number of alkyl halides is 1. The Bertz CT molecular complexity index is 372. The topological polar surface area (TPSA) is 29.1 Å². The molecule has 0 aliphatic rings. The van der Waals surface area contributed by atoms with Crippen molar-refractivity contribution in [2.75, 3.05) is 5.33 Å². The Kier molecular flexibility index (Phi) is 4.54. The number of hydrogen-bond acceptors (Lipinski definition) is 1. The van der Waals surface area contributed by atoms with Crippen molar-refractivity contribution in [2.45, 2.75) is 13.0 Å². The monoisotopic (exact) mass is 293 g/mol. The lowest BCUT2D eigenvalue weighted by atomic mass is 10.1. The van der Waals surface area contributed by atoms with Crippen LogP contribution in [-0.4, -0.2) is 11.2 Å². The van der Waals surface area contributed by atoms with Crippen LogP contribution in [-0.2, 0) is 4.79 Å². The highest BCUT2D eigenvalue weighted by Gasteiger charge is 2.12. The minimum absolute atomic E-state index is 0.183. The number of carbonyl (C=O) groups excluding carboxylic acids is 1. The van der Waals surface area contributed by atoms with Crippen molar-refractivity contribution in [1.82, 2.24) is 5.32 Å². The Morgan fingerprint density at radius 3 is 2.87 bits per heavy atom. The number of benzene rings is 1. The van der Waals surface area contributed by atoms with Crippen molar-refractivity contribution >= 4 is 33.4 Å². The van der Waals surface area contributed by atoms with Crippen molar-refractivity contribution < 1.29 is 9.18 Å². The number of carbonyl (C=O) groups is 1. The average molecular weight is 295 g/mol. The average Bonchev–Trinajstić information content (AvgIpc) is 2.17. The Morgan fingerprint density at radius 1 is 1.67 bits per heavy atom. The summed E-state index contributed by atoms with van der Waals surface area (Å²) < 4.78 is 13.4. The van der Waals surface area contributed by atoms with Gasteiger partial charge in [-0.15, -0.1) is 0 Å². The van der Waals surface area contributed by atoms with E-state index in [1.54, 1.807) is 19.1 Å². The lowest BCUT2D eigenvalue weighted by Crippen LogP contribution is -2.27. The van der Waals surface area contributed by atoms with E-state index in [0.29, 0.717) is 10.6 Å². The summed E-state index contributed by atoms with van der Waals surface area (Å²) >= 11 is 8.64. The van der Waals surface area contributed by atoms with E-state index in [2.05, 4.69) is 21.2 Å². The van der Waals surface area contributed by atoms with Gasteiger partial charge in [0, 0.05) is 10.6 Å². The number of rotatable bonds is 3. The van der Waals surface area contributed by atoms with Crippen LogP contribution in [0.1, 0.15) is 18.5 Å². The van der Waals surface area contributed by atoms with Gasteiger partial charge in [0.15, 0.2) is 0 Å². The van der Waals surface area contributed by atoms with Gasteiger partial charge in [-0.2, -0.15) is 0 Å². The molecule has 0 aromatic heterocycles. The molecule has 15 heavy (non-hydrogen) atoms. The second kappa shape index (κ2) is 5.47. The summed E-state index contributed by atoms with van der Waals surface area (Å²) in [5.74, 6) is -0.596. The van der Waals surface area contributed by atoms with E-state index in [-0.39, 0.29) is 17.3 Å². The van der Waals surface area contributed by atoms with Crippen LogP contribution in [0.4, 0.5) is 4.39 Å². The molecule has 82 valence electrons. The summed E-state index contributed by atoms with van der Waals surface area (Å²) in [5.41, 5.74) is 0.425. The van der Waals surface area contributed by atoms with E-state index in [0.717, 1.165) is 0 Å². The predicted octanol–water partition coefficient (Wildman–Crippen LogP) is 3.05. The molecule has 0 fully saturated rings. The maximum Gasteiger partial charge on any atom is 0.231 e. The van der Waals surface area contributed by atoms with Crippen molar-refractivity contribution in [1.29, 1.82) is 0 Å². The van der Waals surface area contributed by atoms with Crippen LogP contribution in [0.2, 0.25) is 5.02 Å². The Hall–Kier alpha value is -0.610. The smallest absolute Gasteiger partial charge is 0.231 e. The summed E-state index contributed by atoms with van der Waals surface area (Å²) in [5, 5.41) is 3.18. The van der Waals surface area contributed by atoms with Crippen LogP contribution in [0.5, 0.6) is 0 Å². The summed E-state index contributed by atoms with van der Waals surface area (Å²) in [4.78, 5) is 11.1. The van der Waals surface area contributed by atoms with E-state index in [9.17, 15) is 9.18 Å². The van der Waals surface area contributed by atoms with Gasteiger partial charge in [0.05, 0.1) is 11.4 Å². The van der Waals surface area contributed by atoms with Gasteiger partial charge in [-0.3, -0.25) is 4.79 Å². The van der Waals surface area contributed by atoms with Gasteiger partial charge >= 0.3 is 0 Å². The van der Waals surface area contributed by atoms with Gasteiger partial charge in [0.1, 0.15) is 5.82 Å². The maximum atomic E-state index is 13.4. The molecule has 1 N–H and O–H groups in total. The first-order valence-electron chi connectivity index (χ1n) is 4.35. The molecule has 0 unspecified atom stereocenters. The fourth-order valence-electron chi connectivity index (χ4n) is 1.21. The zero-order valence-corrected chi connectivity index (χ0v) is 10.4. The molecule has 0 saturated carbocycles. The fourth-order valence-corrected chi connectivity index (χ4v) is 1.53. The largest absolute Gasteiger partial charge is 0.349 e. The molecule has 0 aliphatic heterocycles. The SMILES string of the molecule is C[C@H](NC(=O)CBr)c1ccc(Cl)cc1F. The normalized spacial score (nSPS) is 12.3. The van der Waals surface area contributed by atoms with E-state index in [1.807, 2.05) is 0 Å². The molecule has 1 amide bonds. The lowest BCUT2D eigenvalue weighted by molar-refractivity contribution is -0.119. The Balaban J connectivity index is 2.82. The highest BCUT2D eigenvalue weighted by Crippen LogP contribution is 2.20. The molecule has 5 heteroatoms. The van der Waals surface area contributed by atoms with Crippen LogP contribution >= 0.6 is 27.5 Å².